The molecule has 16 heavy (non-hydrogen) atoms. The van der Waals surface area contributed by atoms with Gasteiger partial charge in [-0.1, -0.05) is 27.2 Å². The smallest absolute Gasteiger partial charge is 0.191 e. The zero-order chi connectivity index (χ0) is 12.4. The third-order valence-electron chi connectivity index (χ3n) is 4.38. The summed E-state index contributed by atoms with van der Waals surface area (Å²) < 4.78 is 6.13. The largest absolute Gasteiger partial charge is 0.417 e. The zero-order valence-electron chi connectivity index (χ0n) is 11.5. The normalized spacial score (nSPS) is 27.4. The maximum absolute atomic E-state index is 9.73. The molecule has 0 aliphatic heterocycles. The maximum atomic E-state index is 9.73. The van der Waals surface area contributed by atoms with E-state index < -0.39 is 8.32 Å². The molecular weight excluding hydrogens is 216 g/mol. The van der Waals surface area contributed by atoms with Crippen LogP contribution in [0.3, 0.4) is 0 Å². The molecule has 0 aromatic carbocycles. The third kappa shape index (κ3) is 3.57. The van der Waals surface area contributed by atoms with Gasteiger partial charge in [0.25, 0.3) is 0 Å². The molecule has 1 saturated carbocycles. The molecule has 0 saturated heterocycles. The van der Waals surface area contributed by atoms with E-state index in [1.165, 1.54) is 12.8 Å². The van der Waals surface area contributed by atoms with Crippen molar-refractivity contribution in [1.29, 1.82) is 0 Å². The topological polar surface area (TPSA) is 29.5 Å². The van der Waals surface area contributed by atoms with Crippen LogP contribution in [0.4, 0.5) is 0 Å². The molecule has 1 aliphatic rings. The highest BCUT2D eigenvalue weighted by Gasteiger charge is 2.37. The number of aliphatic hydroxyl groups is 1. The molecule has 1 aliphatic carbocycles. The number of aliphatic hydroxyl groups excluding tert-OH is 1. The van der Waals surface area contributed by atoms with Crippen LogP contribution in [0.15, 0.2) is 0 Å². The molecule has 0 bridgehead atoms. The first-order chi connectivity index (χ1) is 7.24. The Morgan fingerprint density at radius 3 is 2.31 bits per heavy atom. The standard InChI is InChI=1S/C13H28O2Si/c1-13(2,3)16(4,5)15-10-9-11-7-6-8-12(11)14/h11-12,14H,6-10H2,1-5H3/t11-,12-/m0/s1. The van der Waals surface area contributed by atoms with Crippen LogP contribution < -0.4 is 0 Å². The Kier molecular flexibility index (Phi) is 4.61. The van der Waals surface area contributed by atoms with E-state index in [2.05, 4.69) is 33.9 Å². The lowest BCUT2D eigenvalue weighted by Gasteiger charge is -2.36. The van der Waals surface area contributed by atoms with Crippen LogP contribution >= 0.6 is 0 Å². The van der Waals surface area contributed by atoms with Crippen LogP contribution in [0, 0.1) is 5.92 Å². The minimum absolute atomic E-state index is 0.0667. The van der Waals surface area contributed by atoms with Crippen molar-refractivity contribution >= 4 is 8.32 Å². The molecule has 2 atom stereocenters. The van der Waals surface area contributed by atoms with Gasteiger partial charge in [-0.05, 0) is 43.3 Å². The summed E-state index contributed by atoms with van der Waals surface area (Å²) in [6.07, 6.45) is 4.33. The van der Waals surface area contributed by atoms with Gasteiger partial charge < -0.3 is 9.53 Å². The Morgan fingerprint density at radius 2 is 1.88 bits per heavy atom. The lowest BCUT2D eigenvalue weighted by atomic mass is 10.0. The van der Waals surface area contributed by atoms with Crippen LogP contribution in [0.25, 0.3) is 0 Å². The van der Waals surface area contributed by atoms with Crippen molar-refractivity contribution in [1.82, 2.24) is 0 Å². The minimum Gasteiger partial charge on any atom is -0.417 e. The predicted octanol–water partition coefficient (Wildman–Crippen LogP) is 3.56. The van der Waals surface area contributed by atoms with Crippen molar-refractivity contribution in [2.45, 2.75) is 70.7 Å². The third-order valence-corrected chi connectivity index (χ3v) is 8.91. The summed E-state index contributed by atoms with van der Waals surface area (Å²) in [7, 11) is -1.58. The summed E-state index contributed by atoms with van der Waals surface area (Å²) in [6.45, 7) is 12.2. The lowest BCUT2D eigenvalue weighted by molar-refractivity contribution is 0.115. The van der Waals surface area contributed by atoms with Gasteiger partial charge in [0, 0.05) is 6.61 Å². The Balaban J connectivity index is 2.30. The number of hydrogen-bond donors (Lipinski definition) is 1. The predicted molar refractivity (Wildman–Crippen MR) is 71.1 cm³/mol. The van der Waals surface area contributed by atoms with E-state index in [0.717, 1.165) is 19.4 Å². The van der Waals surface area contributed by atoms with E-state index in [-0.39, 0.29) is 6.10 Å². The number of rotatable bonds is 4. The monoisotopic (exact) mass is 244 g/mol. The maximum Gasteiger partial charge on any atom is 0.191 e. The second-order valence-electron chi connectivity index (χ2n) is 6.66. The molecule has 0 aromatic heterocycles. The van der Waals surface area contributed by atoms with E-state index >= 15 is 0 Å². The average molecular weight is 244 g/mol. The SMILES string of the molecule is CC(C)(C)[Si](C)(C)OCC[C@@H]1CCC[C@@H]1O. The molecule has 96 valence electrons. The first kappa shape index (κ1) is 14.2. The zero-order valence-corrected chi connectivity index (χ0v) is 12.5. The highest BCUT2D eigenvalue weighted by molar-refractivity contribution is 6.74. The van der Waals surface area contributed by atoms with Gasteiger partial charge in [-0.25, -0.2) is 0 Å². The minimum atomic E-state index is -1.58. The van der Waals surface area contributed by atoms with E-state index in [1.807, 2.05) is 0 Å². The molecule has 0 unspecified atom stereocenters. The van der Waals surface area contributed by atoms with Gasteiger partial charge in [0.2, 0.25) is 0 Å². The fourth-order valence-corrected chi connectivity index (χ4v) is 3.10. The van der Waals surface area contributed by atoms with Crippen molar-refractivity contribution in [3.63, 3.8) is 0 Å². The molecule has 1 rings (SSSR count). The van der Waals surface area contributed by atoms with E-state index in [1.54, 1.807) is 0 Å². The molecule has 1 N–H and O–H groups in total. The van der Waals surface area contributed by atoms with E-state index in [9.17, 15) is 5.11 Å². The molecule has 0 amide bonds. The van der Waals surface area contributed by atoms with Gasteiger partial charge in [-0.2, -0.15) is 0 Å². The van der Waals surface area contributed by atoms with Crippen LogP contribution in [0.1, 0.15) is 46.5 Å². The van der Waals surface area contributed by atoms with Gasteiger partial charge in [0.1, 0.15) is 0 Å². The molecule has 0 spiro atoms. The van der Waals surface area contributed by atoms with Gasteiger partial charge in [0.05, 0.1) is 6.10 Å². The Morgan fingerprint density at radius 1 is 1.25 bits per heavy atom. The molecule has 1 fully saturated rings. The van der Waals surface area contributed by atoms with Gasteiger partial charge >= 0.3 is 0 Å². The second kappa shape index (κ2) is 5.19. The van der Waals surface area contributed by atoms with Crippen molar-refractivity contribution in [3.05, 3.63) is 0 Å². The molecule has 0 aromatic rings. The van der Waals surface area contributed by atoms with Crippen molar-refractivity contribution < 1.29 is 9.53 Å². The Bertz CT molecular complexity index is 220. The van der Waals surface area contributed by atoms with Crippen LogP contribution in [-0.2, 0) is 4.43 Å². The second-order valence-corrected chi connectivity index (χ2v) is 11.5. The average Bonchev–Trinajstić information content (AvgIpc) is 2.49. The van der Waals surface area contributed by atoms with Crippen LogP contribution in [-0.4, -0.2) is 26.1 Å². The van der Waals surface area contributed by atoms with E-state index in [0.29, 0.717) is 11.0 Å². The summed E-state index contributed by atoms with van der Waals surface area (Å²) in [5.74, 6) is 0.491. The van der Waals surface area contributed by atoms with Crippen LogP contribution in [0.5, 0.6) is 0 Å². The summed E-state index contributed by atoms with van der Waals surface area (Å²) in [5, 5.41) is 10.0. The first-order valence-corrected chi connectivity index (χ1v) is 9.47. The Labute approximate surface area is 102 Å². The fourth-order valence-electron chi connectivity index (χ4n) is 2.04. The fraction of sp³-hybridized carbons (Fsp3) is 1.00. The first-order valence-electron chi connectivity index (χ1n) is 6.56. The summed E-state index contributed by atoms with van der Waals surface area (Å²) in [4.78, 5) is 0. The van der Waals surface area contributed by atoms with Crippen molar-refractivity contribution in [2.75, 3.05) is 6.61 Å². The van der Waals surface area contributed by atoms with Gasteiger partial charge in [-0.15, -0.1) is 0 Å². The molecule has 2 nitrogen and oxygen atoms in total. The summed E-state index contributed by atoms with van der Waals surface area (Å²) >= 11 is 0. The lowest BCUT2D eigenvalue weighted by Crippen LogP contribution is -2.41. The molecular formula is C13H28O2Si. The highest BCUT2D eigenvalue weighted by Crippen LogP contribution is 2.37. The quantitative estimate of drug-likeness (QED) is 0.766. The molecule has 3 heteroatoms. The molecule has 0 heterocycles. The van der Waals surface area contributed by atoms with Crippen molar-refractivity contribution in [3.8, 4) is 0 Å². The molecule has 0 radical (unpaired) electrons. The Hall–Kier alpha value is 0.137. The van der Waals surface area contributed by atoms with Crippen molar-refractivity contribution in [2.24, 2.45) is 5.92 Å². The number of hydrogen-bond acceptors (Lipinski definition) is 2. The van der Waals surface area contributed by atoms with Gasteiger partial charge in [0.15, 0.2) is 8.32 Å². The van der Waals surface area contributed by atoms with Gasteiger partial charge in [-0.3, -0.25) is 0 Å². The summed E-state index contributed by atoms with van der Waals surface area (Å²) in [5.41, 5.74) is 0. The van der Waals surface area contributed by atoms with E-state index in [4.69, 9.17) is 4.43 Å². The van der Waals surface area contributed by atoms with Crippen LogP contribution in [0.2, 0.25) is 18.1 Å². The summed E-state index contributed by atoms with van der Waals surface area (Å²) in [6, 6.07) is 0. The highest BCUT2D eigenvalue weighted by atomic mass is 28.4.